The van der Waals surface area contributed by atoms with Gasteiger partial charge in [-0.3, -0.25) is 0 Å². The molecular weight excluding hydrogens is 154 g/mol. The fraction of sp³-hybridized carbons (Fsp3) is 0.333. The fourth-order valence-electron chi connectivity index (χ4n) is 1.31. The highest BCUT2D eigenvalue weighted by atomic mass is 32.1. The quantitative estimate of drug-likeness (QED) is 0.607. The second kappa shape index (κ2) is 2.88. The zero-order valence-electron chi connectivity index (χ0n) is 6.25. The van der Waals surface area contributed by atoms with Gasteiger partial charge in [0.05, 0.1) is 0 Å². The van der Waals surface area contributed by atoms with Gasteiger partial charge in [0, 0.05) is 10.9 Å². The van der Waals surface area contributed by atoms with Crippen LogP contribution in [-0.4, -0.2) is 6.54 Å². The Morgan fingerprint density at radius 3 is 2.82 bits per heavy atom. The predicted molar refractivity (Wildman–Crippen MR) is 49.1 cm³/mol. The SMILES string of the molecule is Sc1cccc([C@@H]2CCN2)c1. The molecule has 0 bridgehead atoms. The van der Waals surface area contributed by atoms with Gasteiger partial charge < -0.3 is 5.32 Å². The Morgan fingerprint density at radius 1 is 1.45 bits per heavy atom. The predicted octanol–water partition coefficient (Wildman–Crippen LogP) is 2.01. The highest BCUT2D eigenvalue weighted by Crippen LogP contribution is 2.23. The van der Waals surface area contributed by atoms with E-state index in [4.69, 9.17) is 0 Å². The summed E-state index contributed by atoms with van der Waals surface area (Å²) < 4.78 is 0. The molecule has 1 heterocycles. The van der Waals surface area contributed by atoms with Crippen LogP contribution in [-0.2, 0) is 0 Å². The van der Waals surface area contributed by atoms with Crippen LogP contribution in [0.1, 0.15) is 18.0 Å². The van der Waals surface area contributed by atoms with Crippen molar-refractivity contribution in [2.75, 3.05) is 6.54 Å². The van der Waals surface area contributed by atoms with E-state index >= 15 is 0 Å². The van der Waals surface area contributed by atoms with Crippen LogP contribution in [0.15, 0.2) is 29.2 Å². The molecule has 1 nitrogen and oxygen atoms in total. The van der Waals surface area contributed by atoms with E-state index in [0.29, 0.717) is 6.04 Å². The maximum Gasteiger partial charge on any atom is 0.0332 e. The molecule has 2 heteroatoms. The minimum absolute atomic E-state index is 0.585. The molecule has 11 heavy (non-hydrogen) atoms. The van der Waals surface area contributed by atoms with Gasteiger partial charge in [0.15, 0.2) is 0 Å². The molecule has 1 aromatic rings. The summed E-state index contributed by atoms with van der Waals surface area (Å²) in [5, 5.41) is 3.36. The molecule has 0 amide bonds. The lowest BCUT2D eigenvalue weighted by molar-refractivity contribution is 0.383. The first kappa shape index (κ1) is 7.19. The van der Waals surface area contributed by atoms with Crippen LogP contribution in [0.2, 0.25) is 0 Å². The van der Waals surface area contributed by atoms with E-state index in [2.05, 4.69) is 36.1 Å². The number of rotatable bonds is 1. The number of nitrogens with one attached hydrogen (secondary N) is 1. The molecule has 0 aliphatic carbocycles. The summed E-state index contributed by atoms with van der Waals surface area (Å²) in [4.78, 5) is 1.05. The third-order valence-electron chi connectivity index (χ3n) is 2.10. The largest absolute Gasteiger partial charge is 0.310 e. The van der Waals surface area contributed by atoms with E-state index in [1.165, 1.54) is 12.0 Å². The van der Waals surface area contributed by atoms with Crippen molar-refractivity contribution in [2.24, 2.45) is 0 Å². The number of thiol groups is 1. The summed E-state index contributed by atoms with van der Waals surface area (Å²) in [5.74, 6) is 0. The van der Waals surface area contributed by atoms with Crippen LogP contribution < -0.4 is 5.32 Å². The Hall–Kier alpha value is -0.470. The van der Waals surface area contributed by atoms with Crippen molar-refractivity contribution in [3.05, 3.63) is 29.8 Å². The van der Waals surface area contributed by atoms with Crippen LogP contribution in [0, 0.1) is 0 Å². The van der Waals surface area contributed by atoms with Crippen molar-refractivity contribution in [1.82, 2.24) is 5.32 Å². The first-order valence-corrected chi connectivity index (χ1v) is 4.33. The van der Waals surface area contributed by atoms with Gasteiger partial charge in [0.25, 0.3) is 0 Å². The molecule has 1 fully saturated rings. The van der Waals surface area contributed by atoms with Crippen molar-refractivity contribution < 1.29 is 0 Å². The standard InChI is InChI=1S/C9H11NS/c11-8-3-1-2-7(6-8)9-4-5-10-9/h1-3,6,9-11H,4-5H2/t9-/m0/s1. The molecule has 0 radical (unpaired) electrons. The van der Waals surface area contributed by atoms with Gasteiger partial charge in [-0.1, -0.05) is 12.1 Å². The summed E-state index contributed by atoms with van der Waals surface area (Å²) in [5.41, 5.74) is 1.36. The molecule has 0 spiro atoms. The summed E-state index contributed by atoms with van der Waals surface area (Å²) in [6.45, 7) is 1.15. The molecule has 58 valence electrons. The first-order valence-electron chi connectivity index (χ1n) is 3.88. The minimum Gasteiger partial charge on any atom is -0.310 e. The Kier molecular flexibility index (Phi) is 1.88. The van der Waals surface area contributed by atoms with E-state index in [0.717, 1.165) is 11.4 Å². The Bertz CT molecular complexity index is 255. The van der Waals surface area contributed by atoms with Crippen LogP contribution >= 0.6 is 12.6 Å². The highest BCUT2D eigenvalue weighted by Gasteiger charge is 2.17. The van der Waals surface area contributed by atoms with E-state index in [-0.39, 0.29) is 0 Å². The smallest absolute Gasteiger partial charge is 0.0332 e. The van der Waals surface area contributed by atoms with Crippen molar-refractivity contribution in [2.45, 2.75) is 17.4 Å². The van der Waals surface area contributed by atoms with Gasteiger partial charge in [0.1, 0.15) is 0 Å². The molecule has 1 aromatic carbocycles. The van der Waals surface area contributed by atoms with Crippen molar-refractivity contribution in [1.29, 1.82) is 0 Å². The summed E-state index contributed by atoms with van der Waals surface area (Å²) in [6, 6.07) is 8.92. The Morgan fingerprint density at radius 2 is 2.27 bits per heavy atom. The molecule has 0 saturated carbocycles. The fourth-order valence-corrected chi connectivity index (χ4v) is 1.55. The third kappa shape index (κ3) is 1.42. The summed E-state index contributed by atoms with van der Waals surface area (Å²) >= 11 is 4.28. The van der Waals surface area contributed by atoms with Crippen molar-refractivity contribution >= 4 is 12.6 Å². The van der Waals surface area contributed by atoms with E-state index < -0.39 is 0 Å². The second-order valence-corrected chi connectivity index (χ2v) is 3.41. The first-order chi connectivity index (χ1) is 5.36. The van der Waals surface area contributed by atoms with Gasteiger partial charge in [-0.15, -0.1) is 12.6 Å². The molecule has 1 saturated heterocycles. The molecule has 1 atom stereocenters. The summed E-state index contributed by atoms with van der Waals surface area (Å²) in [7, 11) is 0. The Balaban J connectivity index is 2.23. The Labute approximate surface area is 72.2 Å². The van der Waals surface area contributed by atoms with Gasteiger partial charge in [-0.2, -0.15) is 0 Å². The average molecular weight is 165 g/mol. The maximum absolute atomic E-state index is 4.28. The number of benzene rings is 1. The van der Waals surface area contributed by atoms with E-state index in [1.54, 1.807) is 0 Å². The molecule has 0 unspecified atom stereocenters. The molecule has 1 aliphatic rings. The van der Waals surface area contributed by atoms with Crippen LogP contribution in [0.5, 0.6) is 0 Å². The van der Waals surface area contributed by atoms with Gasteiger partial charge in [-0.25, -0.2) is 0 Å². The van der Waals surface area contributed by atoms with Gasteiger partial charge in [-0.05, 0) is 30.7 Å². The molecule has 2 rings (SSSR count). The van der Waals surface area contributed by atoms with Crippen LogP contribution in [0.3, 0.4) is 0 Å². The maximum atomic E-state index is 4.28. The average Bonchev–Trinajstić information content (AvgIpc) is 1.83. The minimum atomic E-state index is 0.585. The van der Waals surface area contributed by atoms with Crippen LogP contribution in [0.25, 0.3) is 0 Å². The zero-order valence-corrected chi connectivity index (χ0v) is 7.14. The lowest BCUT2D eigenvalue weighted by atomic mass is 9.98. The molecule has 1 aliphatic heterocycles. The molecule has 0 aromatic heterocycles. The molecule has 1 N–H and O–H groups in total. The van der Waals surface area contributed by atoms with E-state index in [1.807, 2.05) is 6.07 Å². The number of hydrogen-bond donors (Lipinski definition) is 2. The third-order valence-corrected chi connectivity index (χ3v) is 2.37. The lowest BCUT2D eigenvalue weighted by Crippen LogP contribution is -2.34. The highest BCUT2D eigenvalue weighted by molar-refractivity contribution is 7.80. The van der Waals surface area contributed by atoms with E-state index in [9.17, 15) is 0 Å². The summed E-state index contributed by atoms with van der Waals surface area (Å²) in [6.07, 6.45) is 1.26. The molecular formula is C9H11NS. The second-order valence-electron chi connectivity index (χ2n) is 2.89. The van der Waals surface area contributed by atoms with Crippen molar-refractivity contribution in [3.63, 3.8) is 0 Å². The van der Waals surface area contributed by atoms with Crippen LogP contribution in [0.4, 0.5) is 0 Å². The van der Waals surface area contributed by atoms with Crippen molar-refractivity contribution in [3.8, 4) is 0 Å². The normalized spacial score (nSPS) is 22.8. The van der Waals surface area contributed by atoms with Gasteiger partial charge in [0.2, 0.25) is 0 Å². The topological polar surface area (TPSA) is 12.0 Å². The number of hydrogen-bond acceptors (Lipinski definition) is 2. The zero-order chi connectivity index (χ0) is 7.68. The lowest BCUT2D eigenvalue weighted by Gasteiger charge is -2.28. The monoisotopic (exact) mass is 165 g/mol. The van der Waals surface area contributed by atoms with Gasteiger partial charge >= 0.3 is 0 Å².